The number of nitrogens with zero attached hydrogens (tertiary/aromatic N) is 1. The third-order valence-corrected chi connectivity index (χ3v) is 4.50. The molecule has 2 nitrogen and oxygen atoms in total. The van der Waals surface area contributed by atoms with Gasteiger partial charge >= 0.3 is 12.4 Å². The Labute approximate surface area is 113 Å². The molecule has 2 heterocycles. The molecule has 1 atom stereocenters. The summed E-state index contributed by atoms with van der Waals surface area (Å²) in [5, 5.41) is 3.10. The lowest BCUT2D eigenvalue weighted by atomic mass is 9.85. The molecule has 2 aliphatic heterocycles. The van der Waals surface area contributed by atoms with E-state index in [-0.39, 0.29) is 18.5 Å². The first-order valence-corrected chi connectivity index (χ1v) is 6.56. The van der Waals surface area contributed by atoms with Gasteiger partial charge in [-0.2, -0.15) is 26.3 Å². The Morgan fingerprint density at radius 1 is 1.05 bits per heavy atom. The van der Waals surface area contributed by atoms with Crippen LogP contribution in [0.3, 0.4) is 0 Å². The lowest BCUT2D eigenvalue weighted by molar-refractivity contribution is -0.335. The van der Waals surface area contributed by atoms with Crippen LogP contribution in [0, 0.1) is 10.8 Å². The summed E-state index contributed by atoms with van der Waals surface area (Å²) in [6.45, 7) is 2.43. The fourth-order valence-electron chi connectivity index (χ4n) is 3.19. The molecule has 2 saturated heterocycles. The van der Waals surface area contributed by atoms with Gasteiger partial charge in [-0.15, -0.1) is 0 Å². The van der Waals surface area contributed by atoms with Crippen LogP contribution in [-0.2, 0) is 0 Å². The number of rotatable bonds is 2. The minimum atomic E-state index is -5.26. The molecule has 1 N–H and O–H groups in total. The summed E-state index contributed by atoms with van der Waals surface area (Å²) in [7, 11) is 0. The summed E-state index contributed by atoms with van der Waals surface area (Å²) < 4.78 is 77.6. The molecule has 2 rings (SSSR count). The summed E-state index contributed by atoms with van der Waals surface area (Å²) in [6.07, 6.45) is -10.6. The number of nitrogens with one attached hydrogen (secondary N) is 1. The topological polar surface area (TPSA) is 15.3 Å². The monoisotopic (exact) mass is 304 g/mol. The lowest BCUT2D eigenvalue weighted by Gasteiger charge is -2.35. The summed E-state index contributed by atoms with van der Waals surface area (Å²) >= 11 is 0. The van der Waals surface area contributed by atoms with Gasteiger partial charge < -0.3 is 10.2 Å². The molecule has 8 heteroatoms. The largest absolute Gasteiger partial charge is 0.404 e. The van der Waals surface area contributed by atoms with Gasteiger partial charge in [0.15, 0.2) is 5.41 Å². The van der Waals surface area contributed by atoms with Crippen molar-refractivity contribution >= 4 is 0 Å². The number of likely N-dealkylation sites (tertiary alicyclic amines) is 1. The van der Waals surface area contributed by atoms with Crippen LogP contribution in [0.1, 0.15) is 19.8 Å². The molecule has 0 aromatic rings. The molecule has 0 bridgehead atoms. The highest BCUT2D eigenvalue weighted by molar-refractivity contribution is 5.02. The fraction of sp³-hybridized carbons (Fsp3) is 1.00. The van der Waals surface area contributed by atoms with Crippen molar-refractivity contribution in [1.82, 2.24) is 10.2 Å². The Bertz CT molecular complexity index is 342. The average molecular weight is 304 g/mol. The second kappa shape index (κ2) is 4.76. The Morgan fingerprint density at radius 2 is 1.65 bits per heavy atom. The summed E-state index contributed by atoms with van der Waals surface area (Å²) in [4.78, 5) is 1.31. The van der Waals surface area contributed by atoms with Crippen LogP contribution in [0.4, 0.5) is 26.3 Å². The SMILES string of the molecule is CC1(CN2CCC(C(F)(F)F)(C(F)(F)F)C2)CCNC1. The first-order chi connectivity index (χ1) is 8.99. The number of hydrogen-bond donors (Lipinski definition) is 1. The van der Waals surface area contributed by atoms with E-state index in [2.05, 4.69) is 5.32 Å². The zero-order valence-corrected chi connectivity index (χ0v) is 11.2. The molecular formula is C12H18F6N2. The summed E-state index contributed by atoms with van der Waals surface area (Å²) in [6, 6.07) is 0. The van der Waals surface area contributed by atoms with Crippen LogP contribution >= 0.6 is 0 Å². The van der Waals surface area contributed by atoms with Gasteiger partial charge in [-0.3, -0.25) is 0 Å². The van der Waals surface area contributed by atoms with Gasteiger partial charge in [0.2, 0.25) is 0 Å². The van der Waals surface area contributed by atoms with Crippen molar-refractivity contribution < 1.29 is 26.3 Å². The second-order valence-corrected chi connectivity index (χ2v) is 6.28. The summed E-state index contributed by atoms with van der Waals surface area (Å²) in [5.41, 5.74) is -3.81. The van der Waals surface area contributed by atoms with E-state index in [1.54, 1.807) is 0 Å². The summed E-state index contributed by atoms with van der Waals surface area (Å²) in [5.74, 6) is 0. The van der Waals surface area contributed by atoms with Crippen LogP contribution < -0.4 is 5.32 Å². The van der Waals surface area contributed by atoms with E-state index in [9.17, 15) is 26.3 Å². The molecule has 2 fully saturated rings. The van der Waals surface area contributed by atoms with Crippen molar-refractivity contribution in [1.29, 1.82) is 0 Å². The van der Waals surface area contributed by atoms with E-state index >= 15 is 0 Å². The predicted molar refractivity (Wildman–Crippen MR) is 61.2 cm³/mol. The van der Waals surface area contributed by atoms with Gasteiger partial charge in [-0.05, 0) is 31.3 Å². The molecule has 0 amide bonds. The van der Waals surface area contributed by atoms with Crippen LogP contribution in [0.15, 0.2) is 0 Å². The van der Waals surface area contributed by atoms with E-state index in [0.717, 1.165) is 13.0 Å². The Kier molecular flexibility index (Phi) is 3.78. The van der Waals surface area contributed by atoms with E-state index < -0.39 is 30.7 Å². The first kappa shape index (κ1) is 15.9. The molecule has 118 valence electrons. The minimum Gasteiger partial charge on any atom is -0.316 e. The van der Waals surface area contributed by atoms with Gasteiger partial charge in [-0.1, -0.05) is 6.92 Å². The van der Waals surface area contributed by atoms with Crippen LogP contribution in [0.25, 0.3) is 0 Å². The zero-order valence-electron chi connectivity index (χ0n) is 11.2. The van der Waals surface area contributed by atoms with E-state index in [4.69, 9.17) is 0 Å². The van der Waals surface area contributed by atoms with Crippen molar-refractivity contribution in [3.63, 3.8) is 0 Å². The Hall–Kier alpha value is -0.500. The number of hydrogen-bond acceptors (Lipinski definition) is 2. The molecular weight excluding hydrogens is 286 g/mol. The lowest BCUT2D eigenvalue weighted by Crippen LogP contribution is -2.52. The van der Waals surface area contributed by atoms with Crippen LogP contribution in [0.5, 0.6) is 0 Å². The van der Waals surface area contributed by atoms with Gasteiger partial charge in [0.05, 0.1) is 0 Å². The van der Waals surface area contributed by atoms with E-state index in [1.807, 2.05) is 6.92 Å². The maximum absolute atomic E-state index is 12.9. The third kappa shape index (κ3) is 2.64. The molecule has 0 saturated carbocycles. The molecule has 0 aromatic heterocycles. The molecule has 20 heavy (non-hydrogen) atoms. The smallest absolute Gasteiger partial charge is 0.316 e. The number of alkyl halides is 6. The van der Waals surface area contributed by atoms with Gasteiger partial charge in [-0.25, -0.2) is 0 Å². The highest BCUT2D eigenvalue weighted by Gasteiger charge is 2.72. The van der Waals surface area contributed by atoms with Crippen molar-refractivity contribution in [3.8, 4) is 0 Å². The van der Waals surface area contributed by atoms with Crippen molar-refractivity contribution in [2.24, 2.45) is 10.8 Å². The first-order valence-electron chi connectivity index (χ1n) is 6.56. The maximum Gasteiger partial charge on any atom is 0.404 e. The van der Waals surface area contributed by atoms with Gasteiger partial charge in [0.25, 0.3) is 0 Å². The maximum atomic E-state index is 12.9. The number of halogens is 6. The molecule has 0 aromatic carbocycles. The second-order valence-electron chi connectivity index (χ2n) is 6.28. The van der Waals surface area contributed by atoms with Gasteiger partial charge in [0, 0.05) is 19.6 Å². The van der Waals surface area contributed by atoms with Crippen molar-refractivity contribution in [3.05, 3.63) is 0 Å². The van der Waals surface area contributed by atoms with E-state index in [0.29, 0.717) is 6.54 Å². The van der Waals surface area contributed by atoms with Gasteiger partial charge in [0.1, 0.15) is 0 Å². The zero-order chi connectivity index (χ0) is 15.2. The van der Waals surface area contributed by atoms with Crippen LogP contribution in [-0.4, -0.2) is 50.0 Å². The molecule has 1 unspecified atom stereocenters. The Morgan fingerprint density at radius 3 is 2.05 bits per heavy atom. The molecule has 0 spiro atoms. The quantitative estimate of drug-likeness (QED) is 0.789. The van der Waals surface area contributed by atoms with Crippen molar-refractivity contribution in [2.75, 3.05) is 32.7 Å². The van der Waals surface area contributed by atoms with Crippen molar-refractivity contribution in [2.45, 2.75) is 32.1 Å². The third-order valence-electron chi connectivity index (χ3n) is 4.50. The average Bonchev–Trinajstić information content (AvgIpc) is 2.84. The molecule has 0 radical (unpaired) electrons. The highest BCUT2D eigenvalue weighted by atomic mass is 19.4. The standard InChI is InChI=1S/C12H18F6N2/c1-9(2-4-19-6-9)7-20-5-3-10(8-20,11(13,14)15)12(16,17)18/h19H,2-8H2,1H3. The minimum absolute atomic E-state index is 0.158. The highest BCUT2D eigenvalue weighted by Crippen LogP contribution is 2.55. The fourth-order valence-corrected chi connectivity index (χ4v) is 3.19. The molecule has 0 aliphatic carbocycles. The molecule has 2 aliphatic rings. The van der Waals surface area contributed by atoms with E-state index in [1.165, 1.54) is 4.90 Å². The predicted octanol–water partition coefficient (Wildman–Crippen LogP) is 2.80. The van der Waals surface area contributed by atoms with Crippen LogP contribution in [0.2, 0.25) is 0 Å². The normalized spacial score (nSPS) is 31.9. The Balaban J connectivity index is 2.12.